The molecule has 3 N–H and O–H groups in total. The van der Waals surface area contributed by atoms with Crippen LogP contribution in [-0.2, 0) is 0 Å². The molecule has 20 heavy (non-hydrogen) atoms. The molecule has 0 spiro atoms. The van der Waals surface area contributed by atoms with Gasteiger partial charge in [0.1, 0.15) is 23.4 Å². The fourth-order valence-corrected chi connectivity index (χ4v) is 1.99. The first-order valence-corrected chi connectivity index (χ1v) is 6.18. The molecule has 0 amide bonds. The van der Waals surface area contributed by atoms with Crippen molar-refractivity contribution in [3.05, 3.63) is 47.2 Å². The van der Waals surface area contributed by atoms with Crippen molar-refractivity contribution in [1.82, 2.24) is 4.98 Å². The molecule has 1 aromatic carbocycles. The van der Waals surface area contributed by atoms with Crippen molar-refractivity contribution >= 4 is 5.82 Å². The second kappa shape index (κ2) is 5.79. The number of aromatic nitrogens is 1. The molecule has 0 bridgehead atoms. The van der Waals surface area contributed by atoms with Crippen LogP contribution < -0.4 is 15.2 Å². The SMILES string of the molecule is COc1cc(OC)cc(C(O)c2cc(C)cnc2N)c1. The molecule has 0 fully saturated rings. The van der Waals surface area contributed by atoms with Crippen LogP contribution in [0.4, 0.5) is 5.82 Å². The molecular formula is C15H18N2O3. The second-order valence-electron chi connectivity index (χ2n) is 4.54. The fraction of sp³-hybridized carbons (Fsp3) is 0.267. The van der Waals surface area contributed by atoms with E-state index >= 15 is 0 Å². The molecule has 106 valence electrons. The fourth-order valence-electron chi connectivity index (χ4n) is 1.99. The molecule has 0 saturated carbocycles. The van der Waals surface area contributed by atoms with E-state index in [1.54, 1.807) is 38.6 Å². The van der Waals surface area contributed by atoms with Gasteiger partial charge in [-0.05, 0) is 36.2 Å². The van der Waals surface area contributed by atoms with E-state index < -0.39 is 6.10 Å². The van der Waals surface area contributed by atoms with Crippen molar-refractivity contribution in [2.75, 3.05) is 20.0 Å². The highest BCUT2D eigenvalue weighted by molar-refractivity contribution is 5.48. The maximum Gasteiger partial charge on any atom is 0.129 e. The van der Waals surface area contributed by atoms with E-state index in [-0.39, 0.29) is 0 Å². The third-order valence-corrected chi connectivity index (χ3v) is 3.07. The summed E-state index contributed by atoms with van der Waals surface area (Å²) in [5, 5.41) is 10.5. The van der Waals surface area contributed by atoms with Crippen LogP contribution in [0.5, 0.6) is 11.5 Å². The van der Waals surface area contributed by atoms with Crippen molar-refractivity contribution in [1.29, 1.82) is 0 Å². The van der Waals surface area contributed by atoms with Gasteiger partial charge in [0.25, 0.3) is 0 Å². The van der Waals surface area contributed by atoms with Crippen LogP contribution in [0.1, 0.15) is 22.8 Å². The van der Waals surface area contributed by atoms with Gasteiger partial charge in [0.15, 0.2) is 0 Å². The van der Waals surface area contributed by atoms with Crippen LogP contribution in [0.3, 0.4) is 0 Å². The lowest BCUT2D eigenvalue weighted by Gasteiger charge is -2.16. The van der Waals surface area contributed by atoms with Crippen molar-refractivity contribution in [3.8, 4) is 11.5 Å². The summed E-state index contributed by atoms with van der Waals surface area (Å²) >= 11 is 0. The molecule has 0 aliphatic carbocycles. The van der Waals surface area contributed by atoms with Gasteiger partial charge < -0.3 is 20.3 Å². The van der Waals surface area contributed by atoms with Gasteiger partial charge in [0.2, 0.25) is 0 Å². The third-order valence-electron chi connectivity index (χ3n) is 3.07. The van der Waals surface area contributed by atoms with E-state index in [9.17, 15) is 5.11 Å². The van der Waals surface area contributed by atoms with Crippen LogP contribution >= 0.6 is 0 Å². The average molecular weight is 274 g/mol. The average Bonchev–Trinajstić information content (AvgIpc) is 2.48. The second-order valence-corrected chi connectivity index (χ2v) is 4.54. The van der Waals surface area contributed by atoms with Crippen LogP contribution in [-0.4, -0.2) is 24.3 Å². The number of benzene rings is 1. The molecule has 0 saturated heterocycles. The first-order chi connectivity index (χ1) is 9.55. The number of nitrogens with zero attached hydrogens (tertiary/aromatic N) is 1. The first kappa shape index (κ1) is 14.1. The van der Waals surface area contributed by atoms with Crippen molar-refractivity contribution in [2.45, 2.75) is 13.0 Å². The Bertz CT molecular complexity index is 592. The van der Waals surface area contributed by atoms with E-state index in [1.165, 1.54) is 0 Å². The van der Waals surface area contributed by atoms with Crippen LogP contribution in [0, 0.1) is 6.92 Å². The normalized spacial score (nSPS) is 12.0. The monoisotopic (exact) mass is 274 g/mol. The predicted molar refractivity (Wildman–Crippen MR) is 77.0 cm³/mol. The number of hydrogen-bond acceptors (Lipinski definition) is 5. The molecule has 2 aromatic rings. The van der Waals surface area contributed by atoms with Crippen LogP contribution in [0.2, 0.25) is 0 Å². The number of pyridine rings is 1. The molecule has 5 nitrogen and oxygen atoms in total. The molecule has 0 aliphatic heterocycles. The van der Waals surface area contributed by atoms with E-state index in [2.05, 4.69) is 4.98 Å². The number of aryl methyl sites for hydroxylation is 1. The topological polar surface area (TPSA) is 77.6 Å². The van der Waals surface area contributed by atoms with Crippen molar-refractivity contribution in [3.63, 3.8) is 0 Å². The smallest absolute Gasteiger partial charge is 0.129 e. The number of anilines is 1. The van der Waals surface area contributed by atoms with Crippen LogP contribution in [0.15, 0.2) is 30.5 Å². The van der Waals surface area contributed by atoms with Crippen molar-refractivity contribution < 1.29 is 14.6 Å². The Morgan fingerprint density at radius 1 is 1.10 bits per heavy atom. The van der Waals surface area contributed by atoms with E-state index in [1.807, 2.05) is 13.0 Å². The van der Waals surface area contributed by atoms with Gasteiger partial charge in [-0.2, -0.15) is 0 Å². The molecule has 0 aliphatic rings. The Morgan fingerprint density at radius 2 is 1.70 bits per heavy atom. The minimum absolute atomic E-state index is 0.310. The van der Waals surface area contributed by atoms with E-state index in [4.69, 9.17) is 15.2 Å². The Labute approximate surface area is 118 Å². The highest BCUT2D eigenvalue weighted by atomic mass is 16.5. The van der Waals surface area contributed by atoms with Gasteiger partial charge in [-0.1, -0.05) is 0 Å². The lowest BCUT2D eigenvalue weighted by molar-refractivity contribution is 0.219. The van der Waals surface area contributed by atoms with E-state index in [0.717, 1.165) is 5.56 Å². The molecule has 1 heterocycles. The van der Waals surface area contributed by atoms with E-state index in [0.29, 0.717) is 28.4 Å². The first-order valence-electron chi connectivity index (χ1n) is 6.18. The summed E-state index contributed by atoms with van der Waals surface area (Å²) in [6.45, 7) is 1.90. The quantitative estimate of drug-likeness (QED) is 0.892. The van der Waals surface area contributed by atoms with Gasteiger partial charge in [-0.15, -0.1) is 0 Å². The largest absolute Gasteiger partial charge is 0.497 e. The minimum Gasteiger partial charge on any atom is -0.497 e. The Morgan fingerprint density at radius 3 is 2.25 bits per heavy atom. The molecular weight excluding hydrogens is 256 g/mol. The summed E-state index contributed by atoms with van der Waals surface area (Å²) in [7, 11) is 3.13. The number of hydrogen-bond donors (Lipinski definition) is 2. The number of nitrogens with two attached hydrogens (primary N) is 1. The Hall–Kier alpha value is -2.27. The molecule has 0 radical (unpaired) electrons. The maximum atomic E-state index is 10.5. The summed E-state index contributed by atoms with van der Waals surface area (Å²) in [6.07, 6.45) is 0.781. The summed E-state index contributed by atoms with van der Waals surface area (Å²) < 4.78 is 10.4. The third kappa shape index (κ3) is 2.83. The number of nitrogen functional groups attached to an aromatic ring is 1. The zero-order valence-corrected chi connectivity index (χ0v) is 11.8. The molecule has 1 aromatic heterocycles. The molecule has 1 unspecified atom stereocenters. The minimum atomic E-state index is -0.883. The number of aliphatic hydroxyl groups is 1. The summed E-state index contributed by atoms with van der Waals surface area (Å²) in [4.78, 5) is 4.07. The van der Waals surface area contributed by atoms with Gasteiger partial charge in [0.05, 0.1) is 14.2 Å². The molecule has 1 atom stereocenters. The van der Waals surface area contributed by atoms with Crippen molar-refractivity contribution in [2.24, 2.45) is 0 Å². The predicted octanol–water partition coefficient (Wildman–Crippen LogP) is 2.07. The van der Waals surface area contributed by atoms with Crippen LogP contribution in [0.25, 0.3) is 0 Å². The highest BCUT2D eigenvalue weighted by Crippen LogP contribution is 2.31. The number of aliphatic hydroxyl groups excluding tert-OH is 1. The molecule has 2 rings (SSSR count). The number of ether oxygens (including phenoxy) is 2. The van der Waals surface area contributed by atoms with Gasteiger partial charge >= 0.3 is 0 Å². The summed E-state index contributed by atoms with van der Waals surface area (Å²) in [6, 6.07) is 7.05. The lowest BCUT2D eigenvalue weighted by Crippen LogP contribution is -2.06. The highest BCUT2D eigenvalue weighted by Gasteiger charge is 2.16. The summed E-state index contributed by atoms with van der Waals surface area (Å²) in [5.41, 5.74) is 7.98. The van der Waals surface area contributed by atoms with Gasteiger partial charge in [-0.25, -0.2) is 4.98 Å². The lowest BCUT2D eigenvalue weighted by atomic mass is 10.0. The van der Waals surface area contributed by atoms with Gasteiger partial charge in [-0.3, -0.25) is 0 Å². The number of rotatable bonds is 4. The Balaban J connectivity index is 2.46. The zero-order chi connectivity index (χ0) is 14.7. The number of methoxy groups -OCH3 is 2. The summed E-state index contributed by atoms with van der Waals surface area (Å²) in [5.74, 6) is 1.53. The standard InChI is InChI=1S/C15H18N2O3/c1-9-4-13(15(16)17-8-9)14(18)10-5-11(19-2)7-12(6-10)20-3/h4-8,14,18H,1-3H3,(H2,16,17). The molecule has 5 heteroatoms. The maximum absolute atomic E-state index is 10.5. The zero-order valence-electron chi connectivity index (χ0n) is 11.8. The Kier molecular flexibility index (Phi) is 4.10. The van der Waals surface area contributed by atoms with Gasteiger partial charge in [0, 0.05) is 17.8 Å².